The molecule has 2 N–H and O–H groups in total. The number of aromatic amines is 1. The van der Waals surface area contributed by atoms with Crippen molar-refractivity contribution in [3.63, 3.8) is 0 Å². The van der Waals surface area contributed by atoms with Crippen LogP contribution in [0.4, 0.5) is 0 Å². The van der Waals surface area contributed by atoms with E-state index < -0.39 is 30.8 Å². The molecule has 2 saturated heterocycles. The number of nitrogens with zero attached hydrogens (tertiary/aromatic N) is 3. The molecule has 32 heavy (non-hydrogen) atoms. The van der Waals surface area contributed by atoms with Gasteiger partial charge in [0.2, 0.25) is 0 Å². The van der Waals surface area contributed by atoms with Crippen LogP contribution < -0.4 is 5.56 Å². The summed E-state index contributed by atoms with van der Waals surface area (Å²) in [4.78, 5) is 22.6. The van der Waals surface area contributed by atoms with Crippen LogP contribution >= 0.6 is 27.4 Å². The van der Waals surface area contributed by atoms with Gasteiger partial charge in [-0.1, -0.05) is 43.5 Å². The molecule has 0 spiro atoms. The van der Waals surface area contributed by atoms with Gasteiger partial charge in [0.1, 0.15) is 12.3 Å². The molecule has 2 aliphatic rings. The second-order valence-electron chi connectivity index (χ2n) is 9.41. The van der Waals surface area contributed by atoms with Crippen LogP contribution in [0.3, 0.4) is 0 Å². The summed E-state index contributed by atoms with van der Waals surface area (Å²) < 4.78 is 19.0. The molecule has 0 radical (unpaired) electrons. The van der Waals surface area contributed by atoms with Crippen molar-refractivity contribution in [3.05, 3.63) is 16.7 Å². The van der Waals surface area contributed by atoms with E-state index in [9.17, 15) is 9.90 Å². The number of H-pyrrole nitrogens is 1. The fourth-order valence-electron chi connectivity index (χ4n) is 3.33. The Kier molecular flexibility index (Phi) is 6.94. The number of imidazole rings is 1. The minimum Gasteiger partial charge on any atom is -0.480 e. The van der Waals surface area contributed by atoms with E-state index in [2.05, 4.69) is 48.8 Å². The minimum atomic E-state index is -2.01. The summed E-state index contributed by atoms with van der Waals surface area (Å²) >= 11 is 9.31. The lowest BCUT2D eigenvalue weighted by molar-refractivity contribution is -0.0348. The number of nitrogens with one attached hydrogen (secondary N) is 1. The normalized spacial score (nSPS) is 26.2. The van der Waals surface area contributed by atoms with E-state index in [4.69, 9.17) is 25.5 Å². The zero-order chi connectivity index (χ0) is 23.3. The van der Waals surface area contributed by atoms with Gasteiger partial charge in [0.25, 0.3) is 11.6 Å². The van der Waals surface area contributed by atoms with Gasteiger partial charge in [-0.3, -0.25) is 14.3 Å². The van der Waals surface area contributed by atoms with Crippen LogP contribution in [0.2, 0.25) is 18.1 Å². The van der Waals surface area contributed by atoms with Crippen molar-refractivity contribution >= 4 is 58.7 Å². The highest BCUT2D eigenvalue weighted by Gasteiger charge is 2.44. The third-order valence-corrected chi connectivity index (χ3v) is 20.4. The van der Waals surface area contributed by atoms with Gasteiger partial charge >= 0.3 is 0 Å². The fraction of sp³-hybridized carbons (Fsp3) is 0.722. The standard InChI is InChI=1S/C18H29N4O5PS3Si/c1-18(2,3)32(4,5)25-9-12-11(27-28(29)30-6-7-31-28)8-13(26-12)22-10-19-14-15(22)20-17(24)21-16(14)23/h10-13H,6-9H2,1-5H3,(H2,20,21,23,24)/t11-,12+,13+/m0/s1. The van der Waals surface area contributed by atoms with E-state index in [1.807, 2.05) is 0 Å². The molecule has 2 aliphatic heterocycles. The zero-order valence-corrected chi connectivity index (χ0v) is 23.1. The van der Waals surface area contributed by atoms with Crippen molar-refractivity contribution in [2.75, 3.05) is 18.1 Å². The highest BCUT2D eigenvalue weighted by atomic mass is 33.2. The third-order valence-electron chi connectivity index (χ3n) is 6.17. The first-order valence-corrected chi connectivity index (χ1v) is 19.2. The molecule has 14 heteroatoms. The van der Waals surface area contributed by atoms with E-state index in [0.29, 0.717) is 13.0 Å². The van der Waals surface area contributed by atoms with Gasteiger partial charge in [-0.25, -0.2) is 4.98 Å². The molecule has 4 heterocycles. The van der Waals surface area contributed by atoms with Crippen LogP contribution in [0.1, 0.15) is 33.4 Å². The predicted molar refractivity (Wildman–Crippen MR) is 136 cm³/mol. The molecule has 2 aromatic heterocycles. The highest BCUT2D eigenvalue weighted by molar-refractivity contribution is 9.00. The lowest BCUT2D eigenvalue weighted by Crippen LogP contribution is -2.44. The molecular weight excluding hydrogens is 507 g/mol. The number of rotatable bonds is 6. The smallest absolute Gasteiger partial charge is 0.296 e. The maximum absolute atomic E-state index is 12.1. The largest absolute Gasteiger partial charge is 0.480 e. The molecule has 0 aromatic carbocycles. The zero-order valence-electron chi connectivity index (χ0n) is 18.7. The molecule has 4 rings (SSSR count). The topological polar surface area (TPSA) is 111 Å². The van der Waals surface area contributed by atoms with E-state index in [-0.39, 0.29) is 28.4 Å². The van der Waals surface area contributed by atoms with Gasteiger partial charge in [-0.2, -0.15) is 4.98 Å². The van der Waals surface area contributed by atoms with E-state index in [0.717, 1.165) is 11.5 Å². The van der Waals surface area contributed by atoms with Crippen molar-refractivity contribution in [2.45, 2.75) is 63.8 Å². The molecule has 0 unspecified atom stereocenters. The summed E-state index contributed by atoms with van der Waals surface area (Å²) in [5.74, 6) is 2.00. The maximum atomic E-state index is 12.1. The molecule has 2 aromatic rings. The molecular formula is C18H29N4O5PS3Si. The Balaban J connectivity index is 1.59. The first-order valence-electron chi connectivity index (χ1n) is 10.4. The monoisotopic (exact) mass is 536 g/mol. The Hall–Kier alpha value is -0.403. The molecule has 178 valence electrons. The van der Waals surface area contributed by atoms with Crippen molar-refractivity contribution in [1.29, 1.82) is 0 Å². The average molecular weight is 537 g/mol. The van der Waals surface area contributed by atoms with E-state index in [1.54, 1.807) is 27.3 Å². The molecule has 0 aliphatic carbocycles. The lowest BCUT2D eigenvalue weighted by atomic mass is 10.2. The molecule has 0 saturated carbocycles. The first kappa shape index (κ1) is 24.7. The number of hydrogen-bond donors (Lipinski definition) is 2. The highest BCUT2D eigenvalue weighted by Crippen LogP contribution is 2.75. The number of fused-ring (bicyclic) bond motifs is 1. The van der Waals surface area contributed by atoms with Gasteiger partial charge in [0, 0.05) is 17.9 Å². The molecule has 9 nitrogen and oxygen atoms in total. The number of ether oxygens (including phenoxy) is 1. The summed E-state index contributed by atoms with van der Waals surface area (Å²) in [6.45, 7) is 11.4. The third kappa shape index (κ3) is 5.00. The van der Waals surface area contributed by atoms with E-state index in [1.165, 1.54) is 6.33 Å². The van der Waals surface area contributed by atoms with Crippen LogP contribution in [-0.4, -0.2) is 63.3 Å². The minimum absolute atomic E-state index is 0.0772. The Morgan fingerprint density at radius 3 is 2.75 bits per heavy atom. The van der Waals surface area contributed by atoms with Gasteiger partial charge in [0.15, 0.2) is 24.1 Å². The first-order chi connectivity index (χ1) is 14.9. The maximum Gasteiger partial charge on any atom is 0.296 e. The summed E-state index contributed by atoms with van der Waals surface area (Å²) in [7, 11) is -1.98. The van der Waals surface area contributed by atoms with Gasteiger partial charge in [-0.05, 0) is 29.9 Å². The van der Waals surface area contributed by atoms with Crippen LogP contribution in [0.25, 0.3) is 11.2 Å². The second-order valence-corrected chi connectivity index (χ2v) is 24.9. The SMILES string of the molecule is CC(C)(C)[Si](C)(C)OC[C@H]1O[C@@H](n2cnc3c(=O)[nH]c(O)nc32)C[C@@H]1OP1(=S)SCCS1. The lowest BCUT2D eigenvalue weighted by Gasteiger charge is -2.37. The fourth-order valence-corrected chi connectivity index (χ4v) is 13.8. The molecule has 0 amide bonds. The van der Waals surface area contributed by atoms with Gasteiger partial charge in [-0.15, -0.1) is 0 Å². The number of aromatic nitrogens is 4. The summed E-state index contributed by atoms with van der Waals surface area (Å²) in [6.07, 6.45) is 1.06. The predicted octanol–water partition coefficient (Wildman–Crippen LogP) is 4.22. The quantitative estimate of drug-likeness (QED) is 0.411. The van der Waals surface area contributed by atoms with Crippen LogP contribution in [0, 0.1) is 0 Å². The molecule has 2 fully saturated rings. The second kappa shape index (κ2) is 8.99. The average Bonchev–Trinajstić information content (AvgIpc) is 3.38. The van der Waals surface area contributed by atoms with Crippen molar-refractivity contribution in [3.8, 4) is 6.01 Å². The number of hydrogen-bond acceptors (Lipinski definition) is 10. The van der Waals surface area contributed by atoms with Crippen molar-refractivity contribution in [2.24, 2.45) is 0 Å². The van der Waals surface area contributed by atoms with Crippen molar-refractivity contribution < 1.29 is 18.8 Å². The van der Waals surface area contributed by atoms with Crippen LogP contribution in [-0.2, 0) is 25.5 Å². The summed E-state index contributed by atoms with van der Waals surface area (Å²) in [5, 5.41) is 9.85. The van der Waals surface area contributed by atoms with Crippen LogP contribution in [0.5, 0.6) is 6.01 Å². The summed E-state index contributed by atoms with van der Waals surface area (Å²) in [6, 6.07) is -0.456. The molecule has 0 bridgehead atoms. The Bertz CT molecular complexity index is 1090. The Morgan fingerprint density at radius 2 is 2.09 bits per heavy atom. The Labute approximate surface area is 201 Å². The van der Waals surface area contributed by atoms with E-state index >= 15 is 0 Å². The van der Waals surface area contributed by atoms with Gasteiger partial charge in [0.05, 0.1) is 19.0 Å². The van der Waals surface area contributed by atoms with Gasteiger partial charge < -0.3 is 18.8 Å². The molecule has 3 atom stereocenters. The Morgan fingerprint density at radius 1 is 1.41 bits per heavy atom. The van der Waals surface area contributed by atoms with Crippen molar-refractivity contribution in [1.82, 2.24) is 19.5 Å². The number of aromatic hydroxyl groups is 1. The summed E-state index contributed by atoms with van der Waals surface area (Å²) in [5.41, 5.74) is -0.0727. The van der Waals surface area contributed by atoms with Crippen LogP contribution in [0.15, 0.2) is 11.1 Å².